The van der Waals surface area contributed by atoms with E-state index in [2.05, 4.69) is 91.7 Å². The van der Waals surface area contributed by atoms with Crippen LogP contribution in [0.2, 0.25) is 0 Å². The molecule has 0 saturated carbocycles. The summed E-state index contributed by atoms with van der Waals surface area (Å²) in [7, 11) is 0. The Morgan fingerprint density at radius 1 is 1.11 bits per heavy atom. The highest BCUT2D eigenvalue weighted by Crippen LogP contribution is 2.37. The van der Waals surface area contributed by atoms with Gasteiger partial charge in [-0.15, -0.1) is 11.6 Å². The van der Waals surface area contributed by atoms with Crippen molar-refractivity contribution in [3.05, 3.63) is 65.6 Å². The Balaban J connectivity index is 2.46. The highest BCUT2D eigenvalue weighted by Gasteiger charge is 2.15. The molecule has 0 heterocycles. The van der Waals surface area contributed by atoms with Crippen LogP contribution in [0.1, 0.15) is 22.1 Å². The van der Waals surface area contributed by atoms with Crippen LogP contribution in [-0.4, -0.2) is 0 Å². The zero-order valence-corrected chi connectivity index (χ0v) is 15.6. The van der Waals surface area contributed by atoms with Gasteiger partial charge in [0.25, 0.3) is 0 Å². The standard InChI is InChI=1S/C14H10Br2ClI/c1-8-5-13(16)11(7-12(8)15)14(17)9-3-2-4-10(18)6-9/h2-7,14H,1H3. The lowest BCUT2D eigenvalue weighted by Gasteiger charge is -2.14. The lowest BCUT2D eigenvalue weighted by molar-refractivity contribution is 1.11. The van der Waals surface area contributed by atoms with Crippen LogP contribution in [0.5, 0.6) is 0 Å². The molecule has 0 aliphatic rings. The summed E-state index contributed by atoms with van der Waals surface area (Å²) >= 11 is 16.0. The lowest BCUT2D eigenvalue weighted by Crippen LogP contribution is -1.96. The lowest BCUT2D eigenvalue weighted by atomic mass is 10.0. The second-order valence-electron chi connectivity index (χ2n) is 4.04. The van der Waals surface area contributed by atoms with Crippen molar-refractivity contribution in [2.45, 2.75) is 12.3 Å². The predicted molar refractivity (Wildman–Crippen MR) is 93.4 cm³/mol. The average Bonchev–Trinajstić information content (AvgIpc) is 2.33. The van der Waals surface area contributed by atoms with Gasteiger partial charge in [0, 0.05) is 12.5 Å². The van der Waals surface area contributed by atoms with Gasteiger partial charge in [-0.05, 0) is 70.5 Å². The average molecular weight is 500 g/mol. The van der Waals surface area contributed by atoms with Crippen LogP contribution >= 0.6 is 66.1 Å². The number of hydrogen-bond donors (Lipinski definition) is 0. The summed E-state index contributed by atoms with van der Waals surface area (Å²) in [6, 6.07) is 12.4. The summed E-state index contributed by atoms with van der Waals surface area (Å²) in [4.78, 5) is 0. The Morgan fingerprint density at radius 3 is 2.50 bits per heavy atom. The van der Waals surface area contributed by atoms with Gasteiger partial charge in [-0.2, -0.15) is 0 Å². The van der Waals surface area contributed by atoms with E-state index in [0.717, 1.165) is 20.1 Å². The summed E-state index contributed by atoms with van der Waals surface area (Å²) in [5.74, 6) is 0. The Hall–Kier alpha value is 0.420. The molecule has 0 N–H and O–H groups in total. The van der Waals surface area contributed by atoms with Crippen LogP contribution in [0.25, 0.3) is 0 Å². The molecule has 18 heavy (non-hydrogen) atoms. The van der Waals surface area contributed by atoms with Crippen molar-refractivity contribution in [1.29, 1.82) is 0 Å². The zero-order valence-electron chi connectivity index (χ0n) is 9.55. The molecule has 2 aromatic carbocycles. The van der Waals surface area contributed by atoms with Crippen LogP contribution in [0.3, 0.4) is 0 Å². The molecule has 1 atom stereocenters. The molecule has 4 heteroatoms. The van der Waals surface area contributed by atoms with Gasteiger partial charge in [-0.3, -0.25) is 0 Å². The summed E-state index contributed by atoms with van der Waals surface area (Å²) in [6.07, 6.45) is 0. The van der Waals surface area contributed by atoms with Gasteiger partial charge in [0.2, 0.25) is 0 Å². The molecular formula is C14H10Br2ClI. The smallest absolute Gasteiger partial charge is 0.0847 e. The van der Waals surface area contributed by atoms with Crippen LogP contribution in [0.15, 0.2) is 45.3 Å². The minimum atomic E-state index is -0.147. The van der Waals surface area contributed by atoms with Gasteiger partial charge in [0.15, 0.2) is 0 Å². The number of rotatable bonds is 2. The van der Waals surface area contributed by atoms with E-state index in [1.54, 1.807) is 0 Å². The third-order valence-corrected chi connectivity index (χ3v) is 5.39. The molecule has 0 saturated heterocycles. The number of alkyl halides is 1. The van der Waals surface area contributed by atoms with Gasteiger partial charge in [0.1, 0.15) is 0 Å². The zero-order chi connectivity index (χ0) is 13.3. The normalized spacial score (nSPS) is 12.5. The first kappa shape index (κ1) is 14.8. The molecule has 2 aromatic rings. The number of benzene rings is 2. The number of aryl methyl sites for hydroxylation is 1. The van der Waals surface area contributed by atoms with E-state index in [0.29, 0.717) is 0 Å². The molecule has 0 aliphatic carbocycles. The second kappa shape index (κ2) is 6.25. The molecule has 0 bridgehead atoms. The largest absolute Gasteiger partial charge is 0.113 e. The van der Waals surface area contributed by atoms with Gasteiger partial charge in [0.05, 0.1) is 5.38 Å². The highest BCUT2D eigenvalue weighted by molar-refractivity contribution is 14.1. The third-order valence-electron chi connectivity index (χ3n) is 2.69. The molecule has 0 nitrogen and oxygen atoms in total. The summed E-state index contributed by atoms with van der Waals surface area (Å²) in [5.41, 5.74) is 3.38. The number of hydrogen-bond acceptors (Lipinski definition) is 0. The Labute approximate surface area is 143 Å². The first-order valence-corrected chi connectivity index (χ1v) is 8.44. The van der Waals surface area contributed by atoms with Crippen molar-refractivity contribution in [3.63, 3.8) is 0 Å². The van der Waals surface area contributed by atoms with Gasteiger partial charge < -0.3 is 0 Å². The molecule has 0 aliphatic heterocycles. The summed E-state index contributed by atoms with van der Waals surface area (Å²) in [5, 5.41) is -0.147. The Morgan fingerprint density at radius 2 is 1.83 bits per heavy atom. The maximum atomic E-state index is 6.58. The molecular weight excluding hydrogens is 490 g/mol. The Bertz CT molecular complexity index is 584. The fourth-order valence-corrected chi connectivity index (χ4v) is 3.76. The van der Waals surface area contributed by atoms with E-state index < -0.39 is 0 Å². The molecule has 0 fully saturated rings. The molecule has 94 valence electrons. The van der Waals surface area contributed by atoms with E-state index in [-0.39, 0.29) is 5.38 Å². The van der Waals surface area contributed by atoms with E-state index in [1.165, 1.54) is 9.13 Å². The highest BCUT2D eigenvalue weighted by atomic mass is 127. The topological polar surface area (TPSA) is 0 Å². The molecule has 0 radical (unpaired) electrons. The van der Waals surface area contributed by atoms with Crippen molar-refractivity contribution in [2.24, 2.45) is 0 Å². The van der Waals surface area contributed by atoms with Gasteiger partial charge in [-0.25, -0.2) is 0 Å². The SMILES string of the molecule is Cc1cc(Br)c(C(Cl)c2cccc(I)c2)cc1Br. The minimum Gasteiger partial charge on any atom is -0.113 e. The minimum absolute atomic E-state index is 0.147. The van der Waals surface area contributed by atoms with Crippen LogP contribution in [-0.2, 0) is 0 Å². The van der Waals surface area contributed by atoms with E-state index >= 15 is 0 Å². The quantitative estimate of drug-likeness (QED) is 0.328. The predicted octanol–water partition coefficient (Wildman–Crippen LogP) is 6.45. The van der Waals surface area contributed by atoms with Crippen molar-refractivity contribution >= 4 is 66.1 Å². The number of halogens is 4. The van der Waals surface area contributed by atoms with Crippen LogP contribution in [0.4, 0.5) is 0 Å². The van der Waals surface area contributed by atoms with Crippen molar-refractivity contribution < 1.29 is 0 Å². The second-order valence-corrected chi connectivity index (χ2v) is 7.43. The van der Waals surface area contributed by atoms with E-state index in [1.807, 2.05) is 6.07 Å². The maximum Gasteiger partial charge on any atom is 0.0847 e. The monoisotopic (exact) mass is 498 g/mol. The van der Waals surface area contributed by atoms with Crippen molar-refractivity contribution in [2.75, 3.05) is 0 Å². The van der Waals surface area contributed by atoms with Gasteiger partial charge >= 0.3 is 0 Å². The molecule has 0 aromatic heterocycles. The van der Waals surface area contributed by atoms with Crippen LogP contribution in [0, 0.1) is 10.5 Å². The maximum absolute atomic E-state index is 6.58. The van der Waals surface area contributed by atoms with Crippen molar-refractivity contribution in [3.8, 4) is 0 Å². The molecule has 1 unspecified atom stereocenters. The molecule has 2 rings (SSSR count). The summed E-state index contributed by atoms with van der Waals surface area (Å²) in [6.45, 7) is 2.06. The fraction of sp³-hybridized carbons (Fsp3) is 0.143. The van der Waals surface area contributed by atoms with E-state index in [9.17, 15) is 0 Å². The molecule has 0 amide bonds. The summed E-state index contributed by atoms with van der Waals surface area (Å²) < 4.78 is 3.32. The first-order valence-electron chi connectivity index (χ1n) is 5.34. The Kier molecular flexibility index (Phi) is 5.14. The third kappa shape index (κ3) is 3.30. The molecule has 0 spiro atoms. The van der Waals surface area contributed by atoms with Crippen LogP contribution < -0.4 is 0 Å². The van der Waals surface area contributed by atoms with Crippen molar-refractivity contribution in [1.82, 2.24) is 0 Å². The van der Waals surface area contributed by atoms with E-state index in [4.69, 9.17) is 11.6 Å². The van der Waals surface area contributed by atoms with Gasteiger partial charge in [-0.1, -0.05) is 44.0 Å². The fourth-order valence-electron chi connectivity index (χ4n) is 1.70. The first-order chi connectivity index (χ1) is 8.49.